The molecule has 20 heavy (non-hydrogen) atoms. The number of nitrogens with one attached hydrogen (secondary N) is 1. The molecule has 0 aliphatic rings. The van der Waals surface area contributed by atoms with Crippen molar-refractivity contribution in [2.24, 2.45) is 0 Å². The Morgan fingerprint density at radius 3 is 2.45 bits per heavy atom. The highest BCUT2D eigenvalue weighted by Gasteiger charge is 2.12. The van der Waals surface area contributed by atoms with Crippen LogP contribution >= 0.6 is 11.6 Å². The second kappa shape index (κ2) is 5.55. The fourth-order valence-electron chi connectivity index (χ4n) is 2.03. The van der Waals surface area contributed by atoms with Crippen LogP contribution in [0.25, 0.3) is 0 Å². The lowest BCUT2D eigenvalue weighted by Crippen LogP contribution is -2.14. The average molecular weight is 289 g/mol. The Bertz CT molecular complexity index is 680. The first-order chi connectivity index (χ1) is 9.40. The molecule has 3 nitrogen and oxygen atoms in total. The van der Waals surface area contributed by atoms with E-state index in [0.717, 1.165) is 22.4 Å². The second-order valence-corrected chi connectivity index (χ2v) is 5.30. The Labute approximate surface area is 123 Å². The van der Waals surface area contributed by atoms with Crippen LogP contribution in [-0.2, 0) is 0 Å². The average Bonchev–Trinajstić information content (AvgIpc) is 2.42. The van der Waals surface area contributed by atoms with Crippen molar-refractivity contribution in [3.8, 4) is 0 Å². The molecule has 0 saturated carbocycles. The number of amides is 1. The molecule has 104 valence electrons. The third-order valence-electron chi connectivity index (χ3n) is 3.37. The minimum Gasteiger partial charge on any atom is -0.398 e. The number of rotatable bonds is 2. The van der Waals surface area contributed by atoms with Gasteiger partial charge in [-0.25, -0.2) is 0 Å². The summed E-state index contributed by atoms with van der Waals surface area (Å²) in [6, 6.07) is 8.94. The molecule has 0 bridgehead atoms. The summed E-state index contributed by atoms with van der Waals surface area (Å²) in [5.74, 6) is -0.165. The quantitative estimate of drug-likeness (QED) is 0.818. The fourth-order valence-corrected chi connectivity index (χ4v) is 2.14. The number of anilines is 2. The Balaban J connectivity index is 2.32. The molecule has 0 unspecified atom stereocenters. The van der Waals surface area contributed by atoms with Crippen LogP contribution < -0.4 is 11.1 Å². The molecule has 0 fully saturated rings. The van der Waals surface area contributed by atoms with Crippen LogP contribution in [0.15, 0.2) is 30.3 Å². The van der Waals surface area contributed by atoms with E-state index in [0.29, 0.717) is 16.3 Å². The summed E-state index contributed by atoms with van der Waals surface area (Å²) in [7, 11) is 0. The molecule has 4 heteroatoms. The second-order valence-electron chi connectivity index (χ2n) is 4.89. The number of nitrogens with two attached hydrogens (primary N) is 1. The van der Waals surface area contributed by atoms with Crippen LogP contribution in [0.5, 0.6) is 0 Å². The summed E-state index contributed by atoms with van der Waals surface area (Å²) in [6.45, 7) is 5.70. The van der Waals surface area contributed by atoms with Crippen molar-refractivity contribution in [2.75, 3.05) is 11.1 Å². The lowest BCUT2D eigenvalue weighted by molar-refractivity contribution is 0.102. The third-order valence-corrected chi connectivity index (χ3v) is 3.80. The predicted octanol–water partition coefficient (Wildman–Crippen LogP) is 4.10. The van der Waals surface area contributed by atoms with Crippen LogP contribution in [0.1, 0.15) is 27.0 Å². The first kappa shape index (κ1) is 14.4. The summed E-state index contributed by atoms with van der Waals surface area (Å²) >= 11 is 5.97. The van der Waals surface area contributed by atoms with Crippen molar-refractivity contribution in [1.29, 1.82) is 0 Å². The molecule has 3 N–H and O–H groups in total. The highest BCUT2D eigenvalue weighted by molar-refractivity contribution is 6.31. The topological polar surface area (TPSA) is 55.1 Å². The molecule has 2 aromatic carbocycles. The van der Waals surface area contributed by atoms with Gasteiger partial charge in [0.1, 0.15) is 0 Å². The molecule has 0 aliphatic heterocycles. The van der Waals surface area contributed by atoms with E-state index in [1.54, 1.807) is 18.2 Å². The van der Waals surface area contributed by atoms with E-state index in [1.165, 1.54) is 0 Å². The van der Waals surface area contributed by atoms with Gasteiger partial charge in [-0.1, -0.05) is 17.7 Å². The number of carbonyl (C=O) groups excluding carboxylic acids is 1. The van der Waals surface area contributed by atoms with Gasteiger partial charge in [0, 0.05) is 22.0 Å². The molecular formula is C16H17ClN2O. The summed E-state index contributed by atoms with van der Waals surface area (Å²) in [5.41, 5.74) is 10.6. The van der Waals surface area contributed by atoms with E-state index in [-0.39, 0.29) is 5.91 Å². The van der Waals surface area contributed by atoms with Gasteiger partial charge in [-0.15, -0.1) is 0 Å². The maximum Gasteiger partial charge on any atom is 0.255 e. The zero-order valence-corrected chi connectivity index (χ0v) is 12.5. The molecule has 0 radical (unpaired) electrons. The van der Waals surface area contributed by atoms with E-state index in [9.17, 15) is 4.79 Å². The molecule has 0 saturated heterocycles. The first-order valence-electron chi connectivity index (χ1n) is 6.33. The van der Waals surface area contributed by atoms with Crippen molar-refractivity contribution >= 4 is 28.9 Å². The van der Waals surface area contributed by atoms with E-state index < -0.39 is 0 Å². The maximum atomic E-state index is 12.3. The Morgan fingerprint density at radius 1 is 1.10 bits per heavy atom. The first-order valence-corrected chi connectivity index (χ1v) is 6.71. The zero-order chi connectivity index (χ0) is 14.9. The van der Waals surface area contributed by atoms with Gasteiger partial charge < -0.3 is 11.1 Å². The predicted molar refractivity (Wildman–Crippen MR) is 84.5 cm³/mol. The summed E-state index contributed by atoms with van der Waals surface area (Å²) < 4.78 is 0. The smallest absolute Gasteiger partial charge is 0.255 e. The Morgan fingerprint density at radius 2 is 1.80 bits per heavy atom. The normalized spacial score (nSPS) is 10.4. The van der Waals surface area contributed by atoms with Gasteiger partial charge in [0.05, 0.1) is 0 Å². The monoisotopic (exact) mass is 288 g/mol. The van der Waals surface area contributed by atoms with Crippen molar-refractivity contribution in [3.05, 3.63) is 57.6 Å². The highest BCUT2D eigenvalue weighted by Crippen LogP contribution is 2.26. The number of benzene rings is 2. The minimum absolute atomic E-state index is 0.165. The Hall–Kier alpha value is -2.00. The van der Waals surface area contributed by atoms with Crippen molar-refractivity contribution in [1.82, 2.24) is 0 Å². The van der Waals surface area contributed by atoms with Crippen LogP contribution in [0.4, 0.5) is 11.4 Å². The summed E-state index contributed by atoms with van der Waals surface area (Å²) in [4.78, 5) is 12.3. The van der Waals surface area contributed by atoms with E-state index in [1.807, 2.05) is 32.9 Å². The van der Waals surface area contributed by atoms with E-state index in [2.05, 4.69) is 5.32 Å². The van der Waals surface area contributed by atoms with Gasteiger partial charge in [0.25, 0.3) is 5.91 Å². The molecule has 2 rings (SSSR count). The lowest BCUT2D eigenvalue weighted by atomic mass is 10.1. The van der Waals surface area contributed by atoms with Crippen LogP contribution in [-0.4, -0.2) is 5.91 Å². The van der Waals surface area contributed by atoms with Crippen molar-refractivity contribution in [3.63, 3.8) is 0 Å². The largest absolute Gasteiger partial charge is 0.398 e. The number of nitrogen functional groups attached to an aromatic ring is 1. The van der Waals surface area contributed by atoms with Crippen LogP contribution in [0, 0.1) is 20.8 Å². The number of hydrogen-bond acceptors (Lipinski definition) is 2. The molecule has 0 heterocycles. The van der Waals surface area contributed by atoms with Gasteiger partial charge in [0.2, 0.25) is 0 Å². The molecule has 0 aromatic heterocycles. The summed E-state index contributed by atoms with van der Waals surface area (Å²) in [6.07, 6.45) is 0. The SMILES string of the molecule is Cc1cc(C(=O)Nc2c(C)ccc(N)c2C)ccc1Cl. The maximum absolute atomic E-state index is 12.3. The van der Waals surface area contributed by atoms with Gasteiger partial charge in [0.15, 0.2) is 0 Å². The number of halogens is 1. The number of hydrogen-bond donors (Lipinski definition) is 2. The fraction of sp³-hybridized carbons (Fsp3) is 0.188. The number of aryl methyl sites for hydroxylation is 2. The van der Waals surface area contributed by atoms with Crippen LogP contribution in [0.3, 0.4) is 0 Å². The van der Waals surface area contributed by atoms with Gasteiger partial charge in [-0.2, -0.15) is 0 Å². The van der Waals surface area contributed by atoms with E-state index >= 15 is 0 Å². The standard InChI is InChI=1S/C16H17ClN2O/c1-9-4-7-14(18)11(3)15(9)19-16(20)12-5-6-13(17)10(2)8-12/h4-8H,18H2,1-3H3,(H,19,20). The molecule has 2 aromatic rings. The van der Waals surface area contributed by atoms with Gasteiger partial charge >= 0.3 is 0 Å². The third kappa shape index (κ3) is 2.78. The molecule has 0 spiro atoms. The lowest BCUT2D eigenvalue weighted by Gasteiger charge is -2.14. The minimum atomic E-state index is -0.165. The highest BCUT2D eigenvalue weighted by atomic mass is 35.5. The number of carbonyl (C=O) groups is 1. The molecule has 1 amide bonds. The summed E-state index contributed by atoms with van der Waals surface area (Å²) in [5, 5.41) is 3.57. The van der Waals surface area contributed by atoms with Crippen molar-refractivity contribution in [2.45, 2.75) is 20.8 Å². The molecule has 0 aliphatic carbocycles. The Kier molecular flexibility index (Phi) is 4.00. The van der Waals surface area contributed by atoms with Gasteiger partial charge in [-0.3, -0.25) is 4.79 Å². The molecular weight excluding hydrogens is 272 g/mol. The van der Waals surface area contributed by atoms with E-state index in [4.69, 9.17) is 17.3 Å². The van der Waals surface area contributed by atoms with Crippen LogP contribution in [0.2, 0.25) is 5.02 Å². The van der Waals surface area contributed by atoms with Crippen molar-refractivity contribution < 1.29 is 4.79 Å². The molecule has 0 atom stereocenters. The zero-order valence-electron chi connectivity index (χ0n) is 11.8. The van der Waals surface area contributed by atoms with Gasteiger partial charge in [-0.05, 0) is 61.7 Å².